The number of fused-ring (bicyclic) bond motifs is 1. The first-order valence-corrected chi connectivity index (χ1v) is 8.67. The summed E-state index contributed by atoms with van der Waals surface area (Å²) in [7, 11) is 0. The van der Waals surface area contributed by atoms with E-state index < -0.39 is 11.7 Å². The maximum absolute atomic E-state index is 13.0. The Labute approximate surface area is 142 Å². The van der Waals surface area contributed by atoms with Crippen molar-refractivity contribution >= 4 is 28.7 Å². The van der Waals surface area contributed by atoms with E-state index in [4.69, 9.17) is 0 Å². The highest BCUT2D eigenvalue weighted by Crippen LogP contribution is 2.33. The minimum atomic E-state index is -4.39. The molecular weight excluding hydrogens is 339 g/mol. The highest BCUT2D eigenvalue weighted by atomic mass is 32.2. The molecule has 1 heterocycles. The molecule has 2 aromatic rings. The summed E-state index contributed by atoms with van der Waals surface area (Å²) in [5.41, 5.74) is 0.250. The monoisotopic (exact) mass is 359 g/mol. The van der Waals surface area contributed by atoms with E-state index in [0.717, 1.165) is 18.6 Å². The molecule has 1 atom stereocenters. The molecule has 132 valence electrons. The minimum Gasteiger partial charge on any atom is -0.355 e. The van der Waals surface area contributed by atoms with Crippen molar-refractivity contribution in [1.29, 1.82) is 0 Å². The van der Waals surface area contributed by atoms with E-state index >= 15 is 0 Å². The lowest BCUT2D eigenvalue weighted by molar-refractivity contribution is -0.137. The third-order valence-electron chi connectivity index (χ3n) is 3.49. The number of benzene rings is 1. The van der Waals surface area contributed by atoms with Crippen molar-refractivity contribution in [3.05, 3.63) is 23.8 Å². The number of halogens is 3. The van der Waals surface area contributed by atoms with Gasteiger partial charge >= 0.3 is 6.18 Å². The standard InChI is InChI=1S/C16H20F3N3OS/c1-4-8-22-13-9-11(16(17,18)19)6-7-12(13)21-15(22)24-10(3)14(23)20-5-2/h6-7,9-10H,4-5,8H2,1-3H3,(H,20,23)/t10-/m1/s1. The average molecular weight is 359 g/mol. The van der Waals surface area contributed by atoms with Gasteiger partial charge < -0.3 is 9.88 Å². The lowest BCUT2D eigenvalue weighted by atomic mass is 10.2. The number of hydrogen-bond donors (Lipinski definition) is 1. The zero-order valence-corrected chi connectivity index (χ0v) is 14.6. The van der Waals surface area contributed by atoms with E-state index in [1.807, 2.05) is 13.8 Å². The molecule has 8 heteroatoms. The van der Waals surface area contributed by atoms with Crippen LogP contribution in [0, 0.1) is 0 Å². The van der Waals surface area contributed by atoms with Crippen LogP contribution in [0.4, 0.5) is 13.2 Å². The van der Waals surface area contributed by atoms with E-state index in [9.17, 15) is 18.0 Å². The Morgan fingerprint density at radius 1 is 1.38 bits per heavy atom. The Balaban J connectivity index is 2.42. The fourth-order valence-corrected chi connectivity index (χ4v) is 3.31. The fraction of sp³-hybridized carbons (Fsp3) is 0.500. The Bertz CT molecular complexity index is 727. The Morgan fingerprint density at radius 3 is 2.67 bits per heavy atom. The molecular formula is C16H20F3N3OS. The average Bonchev–Trinajstić information content (AvgIpc) is 2.84. The fourth-order valence-electron chi connectivity index (χ4n) is 2.34. The number of rotatable bonds is 6. The zero-order valence-electron chi connectivity index (χ0n) is 13.8. The molecule has 0 saturated carbocycles. The van der Waals surface area contributed by atoms with Crippen LogP contribution >= 0.6 is 11.8 Å². The molecule has 1 N–H and O–H groups in total. The van der Waals surface area contributed by atoms with Gasteiger partial charge in [-0.1, -0.05) is 18.7 Å². The summed E-state index contributed by atoms with van der Waals surface area (Å²) in [5, 5.41) is 2.92. The third kappa shape index (κ3) is 4.03. The van der Waals surface area contributed by atoms with Crippen molar-refractivity contribution < 1.29 is 18.0 Å². The maximum atomic E-state index is 13.0. The van der Waals surface area contributed by atoms with Crippen LogP contribution in [-0.2, 0) is 17.5 Å². The van der Waals surface area contributed by atoms with Crippen LogP contribution < -0.4 is 5.32 Å². The SMILES string of the molecule is CCCn1c(S[C@H](C)C(=O)NCC)nc2ccc(C(F)(F)F)cc21. The topological polar surface area (TPSA) is 46.9 Å². The van der Waals surface area contributed by atoms with Gasteiger partial charge in [0.1, 0.15) is 0 Å². The molecule has 0 aliphatic heterocycles. The molecule has 2 rings (SSSR count). The normalized spacial score (nSPS) is 13.2. The lowest BCUT2D eigenvalue weighted by Gasteiger charge is -2.12. The smallest absolute Gasteiger partial charge is 0.355 e. The highest BCUT2D eigenvalue weighted by molar-refractivity contribution is 8.00. The second kappa shape index (κ2) is 7.46. The van der Waals surface area contributed by atoms with Crippen molar-refractivity contribution in [1.82, 2.24) is 14.9 Å². The predicted molar refractivity (Wildman–Crippen MR) is 89.0 cm³/mol. The van der Waals surface area contributed by atoms with Crippen LogP contribution in [0.3, 0.4) is 0 Å². The number of aromatic nitrogens is 2. The first kappa shape index (κ1) is 18.6. The number of amides is 1. The molecule has 0 bridgehead atoms. The van der Waals surface area contributed by atoms with Crippen LogP contribution in [0.2, 0.25) is 0 Å². The summed E-state index contributed by atoms with van der Waals surface area (Å²) >= 11 is 1.26. The number of aryl methyl sites for hydroxylation is 1. The molecule has 24 heavy (non-hydrogen) atoms. The van der Waals surface area contributed by atoms with Gasteiger partial charge in [-0.05, 0) is 38.5 Å². The summed E-state index contributed by atoms with van der Waals surface area (Å²) in [6.07, 6.45) is -3.64. The molecule has 0 spiro atoms. The molecule has 0 unspecified atom stereocenters. The molecule has 0 aliphatic carbocycles. The summed E-state index contributed by atoms with van der Waals surface area (Å²) < 4.78 is 40.6. The molecule has 1 aromatic carbocycles. The molecule has 1 amide bonds. The van der Waals surface area contributed by atoms with Gasteiger partial charge in [0.15, 0.2) is 5.16 Å². The number of nitrogens with zero attached hydrogens (tertiary/aromatic N) is 2. The van der Waals surface area contributed by atoms with Crippen LogP contribution in [0.15, 0.2) is 23.4 Å². The molecule has 0 saturated heterocycles. The molecule has 0 aliphatic rings. The van der Waals surface area contributed by atoms with E-state index in [0.29, 0.717) is 29.3 Å². The Hall–Kier alpha value is -1.70. The van der Waals surface area contributed by atoms with Gasteiger partial charge in [0.25, 0.3) is 0 Å². The van der Waals surface area contributed by atoms with E-state index in [-0.39, 0.29) is 11.2 Å². The van der Waals surface area contributed by atoms with Crippen molar-refractivity contribution in [2.75, 3.05) is 6.54 Å². The van der Waals surface area contributed by atoms with Gasteiger partial charge in [-0.3, -0.25) is 4.79 Å². The zero-order chi connectivity index (χ0) is 17.9. The van der Waals surface area contributed by atoms with Crippen LogP contribution in [0.5, 0.6) is 0 Å². The van der Waals surface area contributed by atoms with Gasteiger partial charge in [-0.2, -0.15) is 13.2 Å². The Kier molecular flexibility index (Phi) is 5.79. The second-order valence-electron chi connectivity index (χ2n) is 5.40. The van der Waals surface area contributed by atoms with Crippen molar-refractivity contribution in [3.8, 4) is 0 Å². The second-order valence-corrected chi connectivity index (χ2v) is 6.71. The number of carbonyl (C=O) groups excluding carboxylic acids is 1. The number of thioether (sulfide) groups is 1. The minimum absolute atomic E-state index is 0.117. The van der Waals surface area contributed by atoms with Crippen molar-refractivity contribution in [2.24, 2.45) is 0 Å². The number of alkyl halides is 3. The molecule has 0 fully saturated rings. The number of hydrogen-bond acceptors (Lipinski definition) is 3. The highest BCUT2D eigenvalue weighted by Gasteiger charge is 2.31. The maximum Gasteiger partial charge on any atom is 0.416 e. The number of imidazole rings is 1. The van der Waals surface area contributed by atoms with Crippen molar-refractivity contribution in [3.63, 3.8) is 0 Å². The Morgan fingerprint density at radius 2 is 2.08 bits per heavy atom. The quantitative estimate of drug-likeness (QED) is 0.791. The van der Waals surface area contributed by atoms with Gasteiger partial charge in [0.2, 0.25) is 5.91 Å². The molecule has 0 radical (unpaired) electrons. The lowest BCUT2D eigenvalue weighted by Crippen LogP contribution is -2.30. The van der Waals surface area contributed by atoms with Crippen LogP contribution in [0.25, 0.3) is 11.0 Å². The van der Waals surface area contributed by atoms with Gasteiger partial charge in [-0.25, -0.2) is 4.98 Å². The number of carbonyl (C=O) groups is 1. The van der Waals surface area contributed by atoms with E-state index in [1.165, 1.54) is 17.8 Å². The van der Waals surface area contributed by atoms with Gasteiger partial charge in [0, 0.05) is 13.1 Å². The number of nitrogens with one attached hydrogen (secondary N) is 1. The first-order valence-electron chi connectivity index (χ1n) is 7.79. The van der Waals surface area contributed by atoms with Crippen LogP contribution in [-0.4, -0.2) is 27.3 Å². The summed E-state index contributed by atoms with van der Waals surface area (Å²) in [4.78, 5) is 16.3. The van der Waals surface area contributed by atoms with E-state index in [1.54, 1.807) is 11.5 Å². The molecule has 1 aromatic heterocycles. The van der Waals surface area contributed by atoms with Gasteiger partial charge in [-0.15, -0.1) is 0 Å². The summed E-state index contributed by atoms with van der Waals surface area (Å²) in [5.74, 6) is -0.117. The van der Waals surface area contributed by atoms with Crippen LogP contribution in [0.1, 0.15) is 32.8 Å². The van der Waals surface area contributed by atoms with Crippen molar-refractivity contribution in [2.45, 2.75) is 50.3 Å². The third-order valence-corrected chi connectivity index (χ3v) is 4.58. The predicted octanol–water partition coefficient (Wildman–Crippen LogP) is 4.08. The first-order chi connectivity index (χ1) is 11.3. The van der Waals surface area contributed by atoms with E-state index in [2.05, 4.69) is 10.3 Å². The summed E-state index contributed by atoms with van der Waals surface area (Å²) in [6.45, 7) is 6.61. The van der Waals surface area contributed by atoms with Gasteiger partial charge in [0.05, 0.1) is 21.8 Å². The summed E-state index contributed by atoms with van der Waals surface area (Å²) in [6, 6.07) is 3.54. The largest absolute Gasteiger partial charge is 0.416 e. The molecule has 4 nitrogen and oxygen atoms in total.